The first kappa shape index (κ1) is 11.0. The molecule has 2 N–H and O–H groups in total. The van der Waals surface area contributed by atoms with Gasteiger partial charge >= 0.3 is 0 Å². The standard InChI is InChI=1S/C11H11FN2OS/c1-6-7(2)15-11(14-6)16-10-4-8(12)3-9(13)5-10/h3-5H,13H2,1-2H3. The second-order valence-electron chi connectivity index (χ2n) is 3.44. The molecule has 0 bridgehead atoms. The minimum atomic E-state index is -0.359. The van der Waals surface area contributed by atoms with Crippen LogP contribution in [0.15, 0.2) is 32.7 Å². The van der Waals surface area contributed by atoms with Crippen LogP contribution in [0.5, 0.6) is 0 Å². The van der Waals surface area contributed by atoms with Crippen molar-refractivity contribution in [3.8, 4) is 0 Å². The number of nitrogens with two attached hydrogens (primary N) is 1. The number of nitrogen functional groups attached to an aromatic ring is 1. The Balaban J connectivity index is 2.26. The molecule has 0 unspecified atom stereocenters. The fourth-order valence-corrected chi connectivity index (χ4v) is 2.15. The van der Waals surface area contributed by atoms with Crippen molar-refractivity contribution in [2.45, 2.75) is 24.0 Å². The summed E-state index contributed by atoms with van der Waals surface area (Å²) < 4.78 is 18.5. The third kappa shape index (κ3) is 2.36. The molecule has 84 valence electrons. The summed E-state index contributed by atoms with van der Waals surface area (Å²) in [4.78, 5) is 4.88. The SMILES string of the molecule is Cc1nc(Sc2cc(N)cc(F)c2)oc1C. The molecular weight excluding hydrogens is 227 g/mol. The number of aromatic nitrogens is 1. The van der Waals surface area contributed by atoms with Crippen LogP contribution in [0, 0.1) is 19.7 Å². The molecule has 0 saturated heterocycles. The first-order chi connectivity index (χ1) is 7.54. The zero-order valence-electron chi connectivity index (χ0n) is 8.95. The largest absolute Gasteiger partial charge is 0.436 e. The monoisotopic (exact) mass is 238 g/mol. The maximum atomic E-state index is 13.1. The Labute approximate surface area is 96.9 Å². The third-order valence-electron chi connectivity index (χ3n) is 2.11. The number of anilines is 1. The molecule has 2 rings (SSSR count). The maximum Gasteiger partial charge on any atom is 0.260 e. The van der Waals surface area contributed by atoms with E-state index in [0.717, 1.165) is 11.5 Å². The molecule has 0 fully saturated rings. The lowest BCUT2D eigenvalue weighted by Crippen LogP contribution is -1.87. The Hall–Kier alpha value is -1.49. The number of rotatable bonds is 2. The number of benzene rings is 1. The second kappa shape index (κ2) is 4.17. The number of aryl methyl sites for hydroxylation is 2. The van der Waals surface area contributed by atoms with Gasteiger partial charge in [-0.3, -0.25) is 0 Å². The molecule has 0 atom stereocenters. The van der Waals surface area contributed by atoms with Crippen LogP contribution in [0.25, 0.3) is 0 Å². The van der Waals surface area contributed by atoms with Crippen LogP contribution in [0.4, 0.5) is 10.1 Å². The van der Waals surface area contributed by atoms with Crippen LogP contribution in [0.2, 0.25) is 0 Å². The van der Waals surface area contributed by atoms with Crippen molar-refractivity contribution in [1.82, 2.24) is 4.98 Å². The lowest BCUT2D eigenvalue weighted by molar-refractivity contribution is 0.431. The van der Waals surface area contributed by atoms with E-state index in [1.807, 2.05) is 13.8 Å². The zero-order valence-corrected chi connectivity index (χ0v) is 9.77. The van der Waals surface area contributed by atoms with Gasteiger partial charge in [0, 0.05) is 10.6 Å². The van der Waals surface area contributed by atoms with Gasteiger partial charge in [-0.2, -0.15) is 0 Å². The summed E-state index contributed by atoms with van der Waals surface area (Å²) in [5.41, 5.74) is 6.77. The highest BCUT2D eigenvalue weighted by atomic mass is 32.2. The number of nitrogens with zero attached hydrogens (tertiary/aromatic N) is 1. The molecule has 1 heterocycles. The van der Waals surface area contributed by atoms with Gasteiger partial charge in [0.2, 0.25) is 0 Å². The fraction of sp³-hybridized carbons (Fsp3) is 0.182. The molecule has 2 aromatic rings. The molecule has 0 aliphatic heterocycles. The average molecular weight is 238 g/mol. The van der Waals surface area contributed by atoms with Crippen LogP contribution in [-0.2, 0) is 0 Å². The molecule has 1 aromatic heterocycles. The molecule has 1 aromatic carbocycles. The molecule has 0 aliphatic rings. The Morgan fingerprint density at radius 3 is 2.62 bits per heavy atom. The van der Waals surface area contributed by atoms with Crippen molar-refractivity contribution < 1.29 is 8.81 Å². The minimum Gasteiger partial charge on any atom is -0.436 e. The van der Waals surface area contributed by atoms with Gasteiger partial charge < -0.3 is 10.2 Å². The predicted molar refractivity (Wildman–Crippen MR) is 60.9 cm³/mol. The van der Waals surface area contributed by atoms with Crippen molar-refractivity contribution in [2.24, 2.45) is 0 Å². The minimum absolute atomic E-state index is 0.359. The third-order valence-corrected chi connectivity index (χ3v) is 2.93. The second-order valence-corrected chi connectivity index (χ2v) is 4.47. The van der Waals surface area contributed by atoms with E-state index in [-0.39, 0.29) is 5.82 Å². The van der Waals surface area contributed by atoms with E-state index < -0.39 is 0 Å². The van der Waals surface area contributed by atoms with Crippen molar-refractivity contribution in [2.75, 3.05) is 5.73 Å². The van der Waals surface area contributed by atoms with Crippen LogP contribution < -0.4 is 5.73 Å². The summed E-state index contributed by atoms with van der Waals surface area (Å²) >= 11 is 1.25. The van der Waals surface area contributed by atoms with E-state index in [9.17, 15) is 4.39 Å². The molecule has 0 radical (unpaired) electrons. The van der Waals surface area contributed by atoms with Gasteiger partial charge in [0.1, 0.15) is 11.6 Å². The highest BCUT2D eigenvalue weighted by Gasteiger charge is 2.08. The van der Waals surface area contributed by atoms with Crippen LogP contribution in [0.3, 0.4) is 0 Å². The molecule has 3 nitrogen and oxygen atoms in total. The summed E-state index contributed by atoms with van der Waals surface area (Å²) in [7, 11) is 0. The van der Waals surface area contributed by atoms with Gasteiger partial charge in [0.05, 0.1) is 5.69 Å². The van der Waals surface area contributed by atoms with Gasteiger partial charge in [-0.1, -0.05) is 0 Å². The van der Waals surface area contributed by atoms with E-state index in [2.05, 4.69) is 4.98 Å². The van der Waals surface area contributed by atoms with Gasteiger partial charge in [-0.05, 0) is 43.8 Å². The Bertz CT molecular complexity index is 485. The Kier molecular flexibility index (Phi) is 2.87. The highest BCUT2D eigenvalue weighted by molar-refractivity contribution is 7.99. The summed E-state index contributed by atoms with van der Waals surface area (Å²) in [6.45, 7) is 3.70. The summed E-state index contributed by atoms with van der Waals surface area (Å²) in [5.74, 6) is 0.411. The topological polar surface area (TPSA) is 52.0 Å². The first-order valence-corrected chi connectivity index (χ1v) is 5.54. The van der Waals surface area contributed by atoms with E-state index in [0.29, 0.717) is 15.8 Å². The van der Waals surface area contributed by atoms with Crippen molar-refractivity contribution >= 4 is 17.4 Å². The van der Waals surface area contributed by atoms with Gasteiger partial charge in [0.25, 0.3) is 5.22 Å². The number of halogens is 1. The van der Waals surface area contributed by atoms with E-state index in [1.165, 1.54) is 23.9 Å². The van der Waals surface area contributed by atoms with E-state index >= 15 is 0 Å². The molecule has 0 saturated carbocycles. The zero-order chi connectivity index (χ0) is 11.7. The van der Waals surface area contributed by atoms with Gasteiger partial charge in [-0.25, -0.2) is 9.37 Å². The van der Waals surface area contributed by atoms with Gasteiger partial charge in [-0.15, -0.1) is 0 Å². The number of oxazole rings is 1. The average Bonchev–Trinajstić information content (AvgIpc) is 2.43. The van der Waals surface area contributed by atoms with Crippen LogP contribution in [-0.4, -0.2) is 4.98 Å². The first-order valence-electron chi connectivity index (χ1n) is 4.72. The molecular formula is C11H11FN2OS. The summed E-state index contributed by atoms with van der Waals surface area (Å²) in [6, 6.07) is 4.36. The predicted octanol–water partition coefficient (Wildman–Crippen LogP) is 3.16. The molecule has 0 amide bonds. The molecule has 0 spiro atoms. The fourth-order valence-electron chi connectivity index (χ4n) is 1.23. The van der Waals surface area contributed by atoms with Crippen molar-refractivity contribution in [3.05, 3.63) is 35.5 Å². The number of hydrogen-bond donors (Lipinski definition) is 1. The summed E-state index contributed by atoms with van der Waals surface area (Å²) in [5, 5.41) is 0.500. The highest BCUT2D eigenvalue weighted by Crippen LogP contribution is 2.30. The summed E-state index contributed by atoms with van der Waals surface area (Å²) in [6.07, 6.45) is 0. The molecule has 0 aliphatic carbocycles. The van der Waals surface area contributed by atoms with Crippen LogP contribution in [0.1, 0.15) is 11.5 Å². The lowest BCUT2D eigenvalue weighted by Gasteiger charge is -1.99. The molecule has 16 heavy (non-hydrogen) atoms. The normalized spacial score (nSPS) is 10.7. The smallest absolute Gasteiger partial charge is 0.260 e. The Morgan fingerprint density at radius 2 is 2.06 bits per heavy atom. The quantitative estimate of drug-likeness (QED) is 0.816. The number of hydrogen-bond acceptors (Lipinski definition) is 4. The van der Waals surface area contributed by atoms with Gasteiger partial charge in [0.15, 0.2) is 0 Å². The molecule has 5 heteroatoms. The van der Waals surface area contributed by atoms with Crippen molar-refractivity contribution in [3.63, 3.8) is 0 Å². The maximum absolute atomic E-state index is 13.1. The van der Waals surface area contributed by atoms with Crippen LogP contribution >= 0.6 is 11.8 Å². The van der Waals surface area contributed by atoms with Crippen molar-refractivity contribution in [1.29, 1.82) is 0 Å². The van der Waals surface area contributed by atoms with E-state index in [4.69, 9.17) is 10.2 Å². The van der Waals surface area contributed by atoms with E-state index in [1.54, 1.807) is 6.07 Å². The Morgan fingerprint density at radius 1 is 1.31 bits per heavy atom. The lowest BCUT2D eigenvalue weighted by atomic mass is 10.3.